The highest BCUT2D eigenvalue weighted by Gasteiger charge is 2.16. The van der Waals surface area contributed by atoms with Gasteiger partial charge in [-0.05, 0) is 17.9 Å². The maximum absolute atomic E-state index is 11.7. The Kier molecular flexibility index (Phi) is 3.88. The molecule has 0 fully saturated rings. The number of pyridine rings is 1. The molecule has 0 saturated heterocycles. The van der Waals surface area contributed by atoms with Crippen molar-refractivity contribution in [2.75, 3.05) is 6.54 Å². The summed E-state index contributed by atoms with van der Waals surface area (Å²) in [5.74, 6) is -0.237. The van der Waals surface area contributed by atoms with Crippen molar-refractivity contribution in [3.63, 3.8) is 0 Å². The van der Waals surface area contributed by atoms with Crippen LogP contribution >= 0.6 is 0 Å². The molecule has 0 aliphatic heterocycles. The normalized spacial score (nSPS) is 11.2. The van der Waals surface area contributed by atoms with Gasteiger partial charge in [-0.1, -0.05) is 26.8 Å². The summed E-state index contributed by atoms with van der Waals surface area (Å²) >= 11 is 0. The van der Waals surface area contributed by atoms with Gasteiger partial charge < -0.3 is 10.3 Å². The van der Waals surface area contributed by atoms with E-state index in [1.807, 2.05) is 0 Å². The molecule has 0 aliphatic rings. The molecule has 0 radical (unpaired) electrons. The largest absolute Gasteiger partial charge is 0.350 e. The maximum atomic E-state index is 11.7. The van der Waals surface area contributed by atoms with Crippen molar-refractivity contribution in [2.45, 2.75) is 27.2 Å². The van der Waals surface area contributed by atoms with Crippen molar-refractivity contribution in [3.8, 4) is 0 Å². The molecular weight excluding hydrogens is 204 g/mol. The lowest BCUT2D eigenvalue weighted by atomic mass is 9.90. The lowest BCUT2D eigenvalue weighted by molar-refractivity contribution is 0.0930. The Hall–Kier alpha value is -1.58. The van der Waals surface area contributed by atoms with Gasteiger partial charge in [0.15, 0.2) is 0 Å². The molecule has 0 unspecified atom stereocenters. The molecule has 4 nitrogen and oxygen atoms in total. The summed E-state index contributed by atoms with van der Waals surface area (Å²) in [5.41, 5.74) is 0.117. The van der Waals surface area contributed by atoms with E-state index in [4.69, 9.17) is 0 Å². The monoisotopic (exact) mass is 222 g/mol. The molecule has 0 spiro atoms. The summed E-state index contributed by atoms with van der Waals surface area (Å²) < 4.78 is 0. The molecule has 0 saturated carbocycles. The van der Waals surface area contributed by atoms with Gasteiger partial charge in [0.2, 0.25) is 5.56 Å². The number of carbonyl (C=O) groups excluding carboxylic acids is 1. The molecular formula is C12H18N2O2. The molecule has 0 aliphatic carbocycles. The van der Waals surface area contributed by atoms with Crippen molar-refractivity contribution < 1.29 is 4.79 Å². The van der Waals surface area contributed by atoms with Crippen LogP contribution in [0.25, 0.3) is 0 Å². The molecule has 1 amide bonds. The van der Waals surface area contributed by atoms with Crippen LogP contribution in [0.15, 0.2) is 23.0 Å². The number of amides is 1. The fourth-order valence-corrected chi connectivity index (χ4v) is 1.12. The molecule has 1 aromatic rings. The lowest BCUT2D eigenvalue weighted by Gasteiger charge is -2.22. The summed E-state index contributed by atoms with van der Waals surface area (Å²) in [5, 5.41) is 2.81. The summed E-state index contributed by atoms with van der Waals surface area (Å²) in [6, 6.07) is 4.54. The number of aromatic nitrogens is 1. The van der Waals surface area contributed by atoms with Crippen LogP contribution in [-0.2, 0) is 0 Å². The number of carbonyl (C=O) groups is 1. The van der Waals surface area contributed by atoms with Gasteiger partial charge in [0, 0.05) is 12.6 Å². The maximum Gasteiger partial charge on any atom is 0.267 e. The Morgan fingerprint density at radius 3 is 2.69 bits per heavy atom. The minimum Gasteiger partial charge on any atom is -0.350 e. The summed E-state index contributed by atoms with van der Waals surface area (Å²) in [4.78, 5) is 25.2. The fraction of sp³-hybridized carbons (Fsp3) is 0.500. The van der Waals surface area contributed by atoms with Crippen LogP contribution in [0.5, 0.6) is 0 Å². The van der Waals surface area contributed by atoms with E-state index in [1.165, 1.54) is 6.07 Å². The van der Waals surface area contributed by atoms with E-state index in [1.54, 1.807) is 12.1 Å². The Bertz CT molecular complexity index is 421. The van der Waals surface area contributed by atoms with E-state index >= 15 is 0 Å². The first-order chi connectivity index (χ1) is 7.44. The molecule has 2 N–H and O–H groups in total. The van der Waals surface area contributed by atoms with E-state index in [9.17, 15) is 9.59 Å². The zero-order valence-corrected chi connectivity index (χ0v) is 9.96. The van der Waals surface area contributed by atoms with E-state index in [-0.39, 0.29) is 16.9 Å². The minimum absolute atomic E-state index is 0.0741. The van der Waals surface area contributed by atoms with Crippen LogP contribution in [0.4, 0.5) is 0 Å². The highest BCUT2D eigenvalue weighted by molar-refractivity contribution is 5.92. The highest BCUT2D eigenvalue weighted by Crippen LogP contribution is 2.17. The third-order valence-corrected chi connectivity index (χ3v) is 2.70. The van der Waals surface area contributed by atoms with Gasteiger partial charge in [0.05, 0.1) is 0 Å². The zero-order chi connectivity index (χ0) is 12.2. The van der Waals surface area contributed by atoms with Crippen LogP contribution in [-0.4, -0.2) is 17.4 Å². The van der Waals surface area contributed by atoms with Crippen LogP contribution in [0.2, 0.25) is 0 Å². The van der Waals surface area contributed by atoms with Gasteiger partial charge in [-0.3, -0.25) is 9.59 Å². The lowest BCUT2D eigenvalue weighted by Crippen LogP contribution is -2.34. The molecule has 4 heteroatoms. The Morgan fingerprint density at radius 1 is 1.44 bits per heavy atom. The number of nitrogens with one attached hydrogen (secondary N) is 2. The molecule has 88 valence electrons. The SMILES string of the molecule is CCC(C)(C)CNC(=O)c1cccc(=O)[nH]1. The van der Waals surface area contributed by atoms with Gasteiger partial charge in [0.1, 0.15) is 5.69 Å². The molecule has 1 rings (SSSR count). The Balaban J connectivity index is 2.63. The predicted octanol–water partition coefficient (Wildman–Crippen LogP) is 1.54. The van der Waals surface area contributed by atoms with E-state index in [0.717, 1.165) is 6.42 Å². The quantitative estimate of drug-likeness (QED) is 0.811. The second-order valence-electron chi connectivity index (χ2n) is 4.63. The predicted molar refractivity (Wildman–Crippen MR) is 63.5 cm³/mol. The first kappa shape index (κ1) is 12.5. The molecule has 0 aromatic carbocycles. The van der Waals surface area contributed by atoms with Crippen LogP contribution < -0.4 is 10.9 Å². The first-order valence-electron chi connectivity index (χ1n) is 5.42. The third kappa shape index (κ3) is 3.53. The van der Waals surface area contributed by atoms with Gasteiger partial charge >= 0.3 is 0 Å². The van der Waals surface area contributed by atoms with Crippen molar-refractivity contribution in [1.29, 1.82) is 0 Å². The summed E-state index contributed by atoms with van der Waals surface area (Å²) in [6.45, 7) is 6.85. The van der Waals surface area contributed by atoms with E-state index in [0.29, 0.717) is 12.2 Å². The number of aromatic amines is 1. The third-order valence-electron chi connectivity index (χ3n) is 2.70. The molecule has 0 bridgehead atoms. The van der Waals surface area contributed by atoms with Crippen molar-refractivity contribution >= 4 is 5.91 Å². The molecule has 1 aromatic heterocycles. The van der Waals surface area contributed by atoms with Crippen molar-refractivity contribution in [2.24, 2.45) is 5.41 Å². The Morgan fingerprint density at radius 2 is 2.12 bits per heavy atom. The number of hydrogen-bond acceptors (Lipinski definition) is 2. The van der Waals surface area contributed by atoms with Gasteiger partial charge in [0.25, 0.3) is 5.91 Å². The minimum atomic E-state index is -0.262. The smallest absolute Gasteiger partial charge is 0.267 e. The second kappa shape index (κ2) is 4.96. The molecule has 16 heavy (non-hydrogen) atoms. The van der Waals surface area contributed by atoms with Gasteiger partial charge in [-0.2, -0.15) is 0 Å². The van der Waals surface area contributed by atoms with Crippen molar-refractivity contribution in [3.05, 3.63) is 34.2 Å². The van der Waals surface area contributed by atoms with Gasteiger partial charge in [-0.15, -0.1) is 0 Å². The number of hydrogen-bond donors (Lipinski definition) is 2. The molecule has 1 heterocycles. The average molecular weight is 222 g/mol. The number of rotatable bonds is 4. The second-order valence-corrected chi connectivity index (χ2v) is 4.63. The summed E-state index contributed by atoms with van der Waals surface area (Å²) in [6.07, 6.45) is 0.985. The first-order valence-corrected chi connectivity index (χ1v) is 5.42. The van der Waals surface area contributed by atoms with Gasteiger partial charge in [-0.25, -0.2) is 0 Å². The van der Waals surface area contributed by atoms with Crippen LogP contribution in [0.1, 0.15) is 37.7 Å². The average Bonchev–Trinajstić information content (AvgIpc) is 2.26. The Labute approximate surface area is 95.1 Å². The van der Waals surface area contributed by atoms with Crippen molar-refractivity contribution in [1.82, 2.24) is 10.3 Å². The fourth-order valence-electron chi connectivity index (χ4n) is 1.12. The molecule has 0 atom stereocenters. The summed E-state index contributed by atoms with van der Waals surface area (Å²) in [7, 11) is 0. The van der Waals surface area contributed by atoms with E-state index < -0.39 is 0 Å². The highest BCUT2D eigenvalue weighted by atomic mass is 16.2. The zero-order valence-electron chi connectivity index (χ0n) is 9.96. The topological polar surface area (TPSA) is 62.0 Å². The number of H-pyrrole nitrogens is 1. The van der Waals surface area contributed by atoms with Crippen LogP contribution in [0.3, 0.4) is 0 Å². The van der Waals surface area contributed by atoms with Crippen LogP contribution in [0, 0.1) is 5.41 Å². The van der Waals surface area contributed by atoms with E-state index in [2.05, 4.69) is 31.1 Å². The standard InChI is InChI=1S/C12H18N2O2/c1-4-12(2,3)8-13-11(16)9-6-5-7-10(15)14-9/h5-7H,4,8H2,1-3H3,(H,13,16)(H,14,15).